The van der Waals surface area contributed by atoms with Gasteiger partial charge in [0.2, 0.25) is 0 Å². The molecule has 0 aromatic carbocycles. The van der Waals surface area contributed by atoms with Crippen molar-refractivity contribution in [2.75, 3.05) is 0 Å². The second-order valence-corrected chi connectivity index (χ2v) is 7.41. The average molecular weight is 383 g/mol. The zero-order valence-corrected chi connectivity index (χ0v) is 14.4. The molecule has 0 aliphatic heterocycles. The van der Waals surface area contributed by atoms with Crippen LogP contribution in [0, 0.1) is 0 Å². The number of unbranched alkanes of at least 4 members (excludes halogenated alkanes) is 3. The van der Waals surface area contributed by atoms with E-state index >= 15 is 0 Å². The summed E-state index contributed by atoms with van der Waals surface area (Å²) in [6.07, 6.45) is 4.13. The lowest BCUT2D eigenvalue weighted by atomic mass is 10.2. The molecule has 0 radical (unpaired) electrons. The molecular weight excluding hydrogens is 369 g/mol. The minimum atomic E-state index is -2.24. The third-order valence-corrected chi connectivity index (χ3v) is 1.82. The molecule has 0 N–H and O–H groups in total. The summed E-state index contributed by atoms with van der Waals surface area (Å²) in [5.41, 5.74) is 0. The fourth-order valence-electron chi connectivity index (χ4n) is 0.710. The third kappa shape index (κ3) is 22.2. The van der Waals surface area contributed by atoms with E-state index in [-0.39, 0.29) is 0 Å². The van der Waals surface area contributed by atoms with Crippen molar-refractivity contribution in [1.29, 1.82) is 0 Å². The van der Waals surface area contributed by atoms with Gasteiger partial charge in [0.15, 0.2) is 0 Å². The van der Waals surface area contributed by atoms with Crippen molar-refractivity contribution >= 4 is 75.8 Å². The maximum Gasteiger partial charge on any atom is 0.515 e. The second kappa shape index (κ2) is 10.8. The zero-order chi connectivity index (χ0) is 14.8. The van der Waals surface area contributed by atoms with Crippen LogP contribution in [0.4, 0.5) is 4.79 Å². The molecule has 0 aliphatic carbocycles. The Labute approximate surface area is 137 Å². The largest absolute Gasteiger partial charge is 0.515 e. The van der Waals surface area contributed by atoms with Gasteiger partial charge in [-0.2, -0.15) is 0 Å². The first-order valence-electron chi connectivity index (χ1n) is 5.07. The van der Waals surface area contributed by atoms with Crippen LogP contribution in [-0.2, 0) is 9.47 Å². The third-order valence-electron chi connectivity index (χ3n) is 1.36. The van der Waals surface area contributed by atoms with Crippen molar-refractivity contribution in [1.82, 2.24) is 0 Å². The maximum atomic E-state index is 10.5. The van der Waals surface area contributed by atoms with E-state index in [1.807, 2.05) is 0 Å². The summed E-state index contributed by atoms with van der Waals surface area (Å²) in [7, 11) is 0. The highest BCUT2D eigenvalue weighted by Crippen LogP contribution is 2.32. The molecule has 0 rings (SSSR count). The summed E-state index contributed by atoms with van der Waals surface area (Å²) >= 11 is 30.2. The fourth-order valence-corrected chi connectivity index (χ4v) is 1.09. The van der Waals surface area contributed by atoms with Crippen LogP contribution in [0.5, 0.6) is 0 Å². The summed E-state index contributed by atoms with van der Waals surface area (Å²) in [5, 5.41) is 0. The van der Waals surface area contributed by atoms with Crippen molar-refractivity contribution in [3.63, 3.8) is 0 Å². The van der Waals surface area contributed by atoms with Gasteiger partial charge in [-0.1, -0.05) is 39.5 Å². The van der Waals surface area contributed by atoms with Gasteiger partial charge in [-0.05, 0) is 69.6 Å². The molecule has 0 spiro atoms. The van der Waals surface area contributed by atoms with E-state index in [4.69, 9.17) is 69.6 Å². The van der Waals surface area contributed by atoms with Crippen molar-refractivity contribution in [2.45, 2.75) is 47.5 Å². The summed E-state index contributed by atoms with van der Waals surface area (Å²) in [5.74, 6) is 0. The SMILES string of the molecule is CCCCCC.O=C(OC(Cl)(Cl)Cl)OC(Cl)(Cl)Cl. The van der Waals surface area contributed by atoms with Crippen LogP contribution in [0.2, 0.25) is 0 Å². The van der Waals surface area contributed by atoms with Gasteiger partial charge in [-0.25, -0.2) is 4.79 Å². The minimum absolute atomic E-state index is 1.36. The van der Waals surface area contributed by atoms with E-state index in [9.17, 15) is 4.79 Å². The number of alkyl halides is 6. The Hall–Kier alpha value is 1.01. The number of hydrogen-bond donors (Lipinski definition) is 0. The van der Waals surface area contributed by atoms with Crippen LogP contribution in [0.3, 0.4) is 0 Å². The molecule has 0 heterocycles. The molecule has 0 aromatic heterocycles. The number of halogens is 6. The number of carbonyl (C=O) groups excluding carboxylic acids is 1. The van der Waals surface area contributed by atoms with E-state index < -0.39 is 14.1 Å². The monoisotopic (exact) mass is 380 g/mol. The Bertz CT molecular complexity index is 201. The van der Waals surface area contributed by atoms with Crippen molar-refractivity contribution in [3.8, 4) is 0 Å². The van der Waals surface area contributed by atoms with Crippen LogP contribution in [0.25, 0.3) is 0 Å². The molecule has 0 aromatic rings. The van der Waals surface area contributed by atoms with E-state index in [1.165, 1.54) is 25.7 Å². The molecule has 0 atom stereocenters. The van der Waals surface area contributed by atoms with Gasteiger partial charge in [-0.3, -0.25) is 0 Å². The maximum absolute atomic E-state index is 10.5. The van der Waals surface area contributed by atoms with Crippen LogP contribution in [0.1, 0.15) is 39.5 Å². The molecule has 0 amide bonds. The quantitative estimate of drug-likeness (QED) is 0.322. The van der Waals surface area contributed by atoms with Crippen LogP contribution in [-0.4, -0.2) is 14.1 Å². The number of carbonyl (C=O) groups is 1. The first kappa shape index (κ1) is 21.3. The number of rotatable bonds is 3. The zero-order valence-electron chi connectivity index (χ0n) is 9.82. The molecule has 0 bridgehead atoms. The Morgan fingerprint density at radius 3 is 1.28 bits per heavy atom. The van der Waals surface area contributed by atoms with Crippen molar-refractivity contribution in [2.24, 2.45) is 0 Å². The van der Waals surface area contributed by atoms with E-state index in [0.717, 1.165) is 0 Å². The van der Waals surface area contributed by atoms with Gasteiger partial charge in [-0.15, -0.1) is 0 Å². The van der Waals surface area contributed by atoms with Crippen molar-refractivity contribution in [3.05, 3.63) is 0 Å². The van der Waals surface area contributed by atoms with Gasteiger partial charge in [0.1, 0.15) is 0 Å². The molecule has 0 aliphatic rings. The molecule has 9 heteroatoms. The van der Waals surface area contributed by atoms with Crippen LogP contribution in [0.15, 0.2) is 0 Å². The lowest BCUT2D eigenvalue weighted by Gasteiger charge is -2.15. The first-order valence-corrected chi connectivity index (χ1v) is 7.34. The molecule has 3 nitrogen and oxygen atoms in total. The Kier molecular flexibility index (Phi) is 12.7. The highest BCUT2D eigenvalue weighted by molar-refractivity contribution is 6.67. The first-order chi connectivity index (χ1) is 8.02. The number of ether oxygens (including phenoxy) is 2. The Morgan fingerprint density at radius 2 is 1.11 bits per heavy atom. The predicted molar refractivity (Wildman–Crippen MR) is 78.0 cm³/mol. The Morgan fingerprint density at radius 1 is 0.833 bits per heavy atom. The highest BCUT2D eigenvalue weighted by Gasteiger charge is 2.32. The van der Waals surface area contributed by atoms with Gasteiger partial charge in [0.05, 0.1) is 0 Å². The molecule has 0 fully saturated rings. The number of hydrogen-bond acceptors (Lipinski definition) is 3. The van der Waals surface area contributed by atoms with E-state index in [2.05, 4.69) is 23.3 Å². The molecule has 0 saturated heterocycles. The lowest BCUT2D eigenvalue weighted by molar-refractivity contribution is 0.0508. The smallest absolute Gasteiger partial charge is 0.382 e. The molecule has 110 valence electrons. The van der Waals surface area contributed by atoms with E-state index in [0.29, 0.717) is 0 Å². The van der Waals surface area contributed by atoms with Gasteiger partial charge >= 0.3 is 14.1 Å². The summed E-state index contributed by atoms with van der Waals surface area (Å²) in [6, 6.07) is 0. The molecule has 18 heavy (non-hydrogen) atoms. The molecule has 0 saturated carbocycles. The van der Waals surface area contributed by atoms with Gasteiger partial charge in [0.25, 0.3) is 0 Å². The highest BCUT2D eigenvalue weighted by atomic mass is 35.6. The topological polar surface area (TPSA) is 35.5 Å². The molecule has 0 unspecified atom stereocenters. The predicted octanol–water partition coefficient (Wildman–Crippen LogP) is 6.38. The standard InChI is InChI=1S/C6H14.C3Cl6O3/c1-3-5-6-4-2;4-2(5,6)11-1(10)12-3(7,8)9/h3-6H2,1-2H3;. The lowest BCUT2D eigenvalue weighted by Crippen LogP contribution is -2.22. The second-order valence-electron chi connectivity index (χ2n) is 3.05. The summed E-state index contributed by atoms with van der Waals surface area (Å²) in [4.78, 5) is 10.5. The van der Waals surface area contributed by atoms with Gasteiger partial charge < -0.3 is 9.47 Å². The summed E-state index contributed by atoms with van der Waals surface area (Å²) in [6.45, 7) is 4.46. The van der Waals surface area contributed by atoms with E-state index in [1.54, 1.807) is 0 Å². The van der Waals surface area contributed by atoms with Crippen LogP contribution < -0.4 is 0 Å². The molecular formula is C9H14Cl6O3. The fraction of sp³-hybridized carbons (Fsp3) is 0.889. The minimum Gasteiger partial charge on any atom is -0.382 e. The average Bonchev–Trinajstić information content (AvgIpc) is 2.09. The van der Waals surface area contributed by atoms with Crippen LogP contribution >= 0.6 is 69.6 Å². The normalized spacial score (nSPS) is 11.3. The van der Waals surface area contributed by atoms with Gasteiger partial charge in [0, 0.05) is 0 Å². The Balaban J connectivity index is 0. The summed E-state index contributed by atoms with van der Waals surface area (Å²) < 4.78 is 3.50. The van der Waals surface area contributed by atoms with Crippen molar-refractivity contribution < 1.29 is 14.3 Å².